The summed E-state index contributed by atoms with van der Waals surface area (Å²) in [7, 11) is 0. The molecule has 0 N–H and O–H groups in total. The van der Waals surface area contributed by atoms with Crippen LogP contribution >= 0.6 is 11.8 Å². The van der Waals surface area contributed by atoms with E-state index in [1.54, 1.807) is 4.90 Å². The molecule has 0 atom stereocenters. The maximum absolute atomic E-state index is 11.3. The second-order valence-electron chi connectivity index (χ2n) is 3.08. The molecular weight excluding hydrogens is 198 g/mol. The molecular formula is C10H9NO2S. The lowest BCUT2D eigenvalue weighted by Crippen LogP contribution is -2.23. The minimum absolute atomic E-state index is 0.0640. The van der Waals surface area contributed by atoms with Crippen LogP contribution in [0.25, 0.3) is 0 Å². The zero-order valence-corrected chi connectivity index (χ0v) is 8.29. The minimum Gasteiger partial charge on any atom is -0.321 e. The van der Waals surface area contributed by atoms with Gasteiger partial charge in [-0.05, 0) is 5.56 Å². The van der Waals surface area contributed by atoms with E-state index < -0.39 is 0 Å². The minimum atomic E-state index is -0.140. The van der Waals surface area contributed by atoms with Gasteiger partial charge in [-0.1, -0.05) is 30.3 Å². The number of carbonyl (C=O) groups is 2. The first-order valence-corrected chi connectivity index (χ1v) is 5.11. The van der Waals surface area contributed by atoms with Gasteiger partial charge in [0, 0.05) is 18.3 Å². The van der Waals surface area contributed by atoms with E-state index in [4.69, 9.17) is 0 Å². The molecule has 0 aromatic heterocycles. The van der Waals surface area contributed by atoms with E-state index in [0.29, 0.717) is 6.54 Å². The quantitative estimate of drug-likeness (QED) is 0.743. The van der Waals surface area contributed by atoms with Gasteiger partial charge >= 0.3 is 0 Å². The maximum atomic E-state index is 11.3. The fourth-order valence-electron chi connectivity index (χ4n) is 1.34. The lowest BCUT2D eigenvalue weighted by molar-refractivity contribution is -0.110. The van der Waals surface area contributed by atoms with Crippen molar-refractivity contribution in [3.8, 4) is 0 Å². The van der Waals surface area contributed by atoms with Crippen LogP contribution < -0.4 is 0 Å². The summed E-state index contributed by atoms with van der Waals surface area (Å²) >= 11 is 0.796. The van der Waals surface area contributed by atoms with Gasteiger partial charge in [0.2, 0.25) is 5.12 Å². The van der Waals surface area contributed by atoms with Crippen molar-refractivity contribution >= 4 is 22.1 Å². The number of hydrogen-bond acceptors (Lipinski definition) is 3. The highest BCUT2D eigenvalue weighted by Crippen LogP contribution is 2.21. The van der Waals surface area contributed by atoms with Crippen LogP contribution in [0.4, 0.5) is 4.79 Å². The van der Waals surface area contributed by atoms with Crippen LogP contribution in [0.2, 0.25) is 0 Å². The smallest absolute Gasteiger partial charge is 0.290 e. The van der Waals surface area contributed by atoms with E-state index in [-0.39, 0.29) is 16.9 Å². The Morgan fingerprint density at radius 3 is 2.50 bits per heavy atom. The average molecular weight is 207 g/mol. The molecule has 1 aromatic carbocycles. The zero-order valence-electron chi connectivity index (χ0n) is 7.47. The van der Waals surface area contributed by atoms with Crippen LogP contribution in [-0.2, 0) is 11.3 Å². The molecule has 72 valence electrons. The van der Waals surface area contributed by atoms with Crippen molar-refractivity contribution in [2.24, 2.45) is 0 Å². The van der Waals surface area contributed by atoms with Crippen molar-refractivity contribution in [3.63, 3.8) is 0 Å². The van der Waals surface area contributed by atoms with Crippen LogP contribution in [-0.4, -0.2) is 21.8 Å². The molecule has 0 saturated carbocycles. The number of amides is 1. The highest BCUT2D eigenvalue weighted by molar-refractivity contribution is 8.26. The average Bonchev–Trinajstić information content (AvgIpc) is 2.47. The maximum Gasteiger partial charge on any atom is 0.290 e. The van der Waals surface area contributed by atoms with Crippen LogP contribution in [0.15, 0.2) is 30.3 Å². The summed E-state index contributed by atoms with van der Waals surface area (Å²) in [4.78, 5) is 23.8. The number of nitrogens with zero attached hydrogens (tertiary/aromatic N) is 1. The summed E-state index contributed by atoms with van der Waals surface area (Å²) in [5.74, 6) is 0. The highest BCUT2D eigenvalue weighted by Gasteiger charge is 2.28. The molecule has 3 nitrogen and oxygen atoms in total. The van der Waals surface area contributed by atoms with Crippen molar-refractivity contribution < 1.29 is 9.59 Å². The molecule has 0 bridgehead atoms. The zero-order chi connectivity index (χ0) is 9.97. The first-order valence-electron chi connectivity index (χ1n) is 4.29. The van der Waals surface area contributed by atoms with E-state index in [1.807, 2.05) is 30.3 Å². The Bertz CT molecular complexity index is 364. The Hall–Kier alpha value is -1.29. The molecule has 14 heavy (non-hydrogen) atoms. The van der Waals surface area contributed by atoms with Gasteiger partial charge in [-0.2, -0.15) is 0 Å². The molecule has 1 aromatic rings. The van der Waals surface area contributed by atoms with Crippen molar-refractivity contribution in [2.45, 2.75) is 6.54 Å². The van der Waals surface area contributed by atoms with Crippen LogP contribution in [0.5, 0.6) is 0 Å². The predicted octanol–water partition coefficient (Wildman–Crippen LogP) is 1.88. The second-order valence-corrected chi connectivity index (χ2v) is 4.09. The van der Waals surface area contributed by atoms with Crippen LogP contribution in [0.3, 0.4) is 0 Å². The number of carbonyl (C=O) groups excluding carboxylic acids is 2. The lowest BCUT2D eigenvalue weighted by atomic mass is 10.2. The number of thioether (sulfide) groups is 1. The highest BCUT2D eigenvalue weighted by atomic mass is 32.2. The largest absolute Gasteiger partial charge is 0.321 e. The summed E-state index contributed by atoms with van der Waals surface area (Å²) in [6.45, 7) is 0.761. The molecule has 4 heteroatoms. The number of hydrogen-bond donors (Lipinski definition) is 0. The van der Waals surface area contributed by atoms with Crippen LogP contribution in [0, 0.1) is 0 Å². The van der Waals surface area contributed by atoms with E-state index in [9.17, 15) is 9.59 Å². The standard InChI is InChI=1S/C10H9NO2S/c12-9-7-11(10(13)14-9)6-8-4-2-1-3-5-8/h1-5H,6-7H2. The summed E-state index contributed by atoms with van der Waals surface area (Å²) in [5.41, 5.74) is 1.05. The first kappa shape index (κ1) is 9.27. The fraction of sp³-hybridized carbons (Fsp3) is 0.200. The second kappa shape index (κ2) is 3.84. The number of rotatable bonds is 2. The van der Waals surface area contributed by atoms with Crippen molar-refractivity contribution in [1.82, 2.24) is 4.90 Å². The third-order valence-electron chi connectivity index (χ3n) is 2.00. The van der Waals surface area contributed by atoms with Gasteiger partial charge in [-0.3, -0.25) is 9.59 Å². The molecule has 1 aliphatic heterocycles. The van der Waals surface area contributed by atoms with E-state index in [0.717, 1.165) is 17.3 Å². The molecule has 0 radical (unpaired) electrons. The van der Waals surface area contributed by atoms with Gasteiger partial charge in [0.25, 0.3) is 5.24 Å². The molecule has 0 aliphatic carbocycles. The Balaban J connectivity index is 2.05. The van der Waals surface area contributed by atoms with Gasteiger partial charge in [-0.25, -0.2) is 0 Å². The van der Waals surface area contributed by atoms with Crippen molar-refractivity contribution in [2.75, 3.05) is 6.54 Å². The van der Waals surface area contributed by atoms with Gasteiger partial charge in [0.1, 0.15) is 0 Å². The van der Waals surface area contributed by atoms with Crippen LogP contribution in [0.1, 0.15) is 5.56 Å². The molecule has 1 saturated heterocycles. The van der Waals surface area contributed by atoms with Gasteiger partial charge in [-0.15, -0.1) is 0 Å². The Morgan fingerprint density at radius 2 is 1.93 bits per heavy atom. The molecule has 0 spiro atoms. The third-order valence-corrected chi connectivity index (χ3v) is 2.79. The topological polar surface area (TPSA) is 37.4 Å². The van der Waals surface area contributed by atoms with E-state index in [1.165, 1.54) is 0 Å². The summed E-state index contributed by atoms with van der Waals surface area (Å²) in [6, 6.07) is 9.66. The molecule has 1 heterocycles. The van der Waals surface area contributed by atoms with Crippen molar-refractivity contribution in [1.29, 1.82) is 0 Å². The first-order chi connectivity index (χ1) is 6.75. The lowest BCUT2D eigenvalue weighted by Gasteiger charge is -2.12. The van der Waals surface area contributed by atoms with Crippen molar-refractivity contribution in [3.05, 3.63) is 35.9 Å². The van der Waals surface area contributed by atoms with Gasteiger partial charge in [0.05, 0.1) is 6.54 Å². The molecule has 1 aliphatic rings. The predicted molar refractivity (Wildman–Crippen MR) is 54.8 cm³/mol. The molecule has 1 amide bonds. The van der Waals surface area contributed by atoms with Gasteiger partial charge < -0.3 is 4.90 Å². The Labute approximate surface area is 86.1 Å². The van der Waals surface area contributed by atoms with E-state index in [2.05, 4.69) is 0 Å². The fourth-order valence-corrected chi connectivity index (χ4v) is 2.01. The number of benzene rings is 1. The molecule has 0 unspecified atom stereocenters. The van der Waals surface area contributed by atoms with E-state index >= 15 is 0 Å². The molecule has 1 fully saturated rings. The SMILES string of the molecule is O=C1CN(Cc2ccccc2)C(=O)S1. The summed E-state index contributed by atoms with van der Waals surface area (Å²) in [6.07, 6.45) is 0. The normalized spacial score (nSPS) is 16.4. The monoisotopic (exact) mass is 207 g/mol. The third kappa shape index (κ3) is 1.96. The Morgan fingerprint density at radius 1 is 1.21 bits per heavy atom. The van der Waals surface area contributed by atoms with Gasteiger partial charge in [0.15, 0.2) is 0 Å². The summed E-state index contributed by atoms with van der Waals surface area (Å²) < 4.78 is 0. The summed E-state index contributed by atoms with van der Waals surface area (Å²) in [5, 5.41) is -0.204. The Kier molecular flexibility index (Phi) is 2.54. The molecule has 2 rings (SSSR count).